The summed E-state index contributed by atoms with van der Waals surface area (Å²) in [6.07, 6.45) is 0. The van der Waals surface area contributed by atoms with E-state index in [9.17, 15) is 9.59 Å². The first-order valence-electron chi connectivity index (χ1n) is 6.75. The van der Waals surface area contributed by atoms with Crippen molar-refractivity contribution in [3.05, 3.63) is 40.9 Å². The molecule has 22 heavy (non-hydrogen) atoms. The predicted molar refractivity (Wildman–Crippen MR) is 79.8 cm³/mol. The predicted octanol–water partition coefficient (Wildman–Crippen LogP) is 2.29. The number of para-hydroxylation sites is 1. The molecule has 0 spiro atoms. The molecule has 0 saturated carbocycles. The Morgan fingerprint density at radius 1 is 1.14 bits per heavy atom. The summed E-state index contributed by atoms with van der Waals surface area (Å²) in [5, 5.41) is 4.44. The maximum Gasteiger partial charge on any atom is 0.348 e. The minimum Gasteiger partial charge on any atom is -0.462 e. The Labute approximate surface area is 132 Å². The number of ether oxygens (including phenoxy) is 2. The summed E-state index contributed by atoms with van der Waals surface area (Å²) in [7, 11) is 0. The highest BCUT2D eigenvalue weighted by molar-refractivity contribution is 8.01. The summed E-state index contributed by atoms with van der Waals surface area (Å²) in [6, 6.07) is 9.28. The standard InChI is InChI=1S/C14H15N3O4S/c1-3-20-13(18)11(14(19)21-4-2)12-15-17(16-22-12)10-8-6-5-7-9-10/h5-9H,3-4H2,1-2H3/p+1. The van der Waals surface area contributed by atoms with Crippen LogP contribution < -0.4 is 4.83 Å². The summed E-state index contributed by atoms with van der Waals surface area (Å²) < 4.78 is 9.82. The number of hydrogen-bond acceptors (Lipinski definition) is 7. The van der Waals surface area contributed by atoms with Crippen molar-refractivity contribution in [2.75, 3.05) is 13.2 Å². The maximum absolute atomic E-state index is 12.0. The molecule has 8 heteroatoms. The van der Waals surface area contributed by atoms with Crippen LogP contribution in [0.4, 0.5) is 5.69 Å². The number of esters is 2. The fourth-order valence-corrected chi connectivity index (χ4v) is 2.37. The molecule has 1 aromatic rings. The summed E-state index contributed by atoms with van der Waals surface area (Å²) in [5.74, 6) is -1.49. The lowest BCUT2D eigenvalue weighted by molar-refractivity contribution is -0.540. The Balaban J connectivity index is 2.37. The normalized spacial score (nSPS) is 13.2. The Bertz CT molecular complexity index is 608. The lowest BCUT2D eigenvalue weighted by Gasteiger charge is -2.05. The van der Waals surface area contributed by atoms with Crippen LogP contribution in [0.25, 0.3) is 0 Å². The number of hydrazine groups is 1. The second-order valence-corrected chi connectivity index (χ2v) is 4.84. The zero-order chi connectivity index (χ0) is 15.9. The van der Waals surface area contributed by atoms with Gasteiger partial charge < -0.3 is 9.47 Å². The Morgan fingerprint density at radius 3 is 2.27 bits per heavy atom. The largest absolute Gasteiger partial charge is 0.462 e. The first-order chi connectivity index (χ1) is 10.7. The highest BCUT2D eigenvalue weighted by Crippen LogP contribution is 2.28. The van der Waals surface area contributed by atoms with Gasteiger partial charge in [-0.2, -0.15) is 0 Å². The van der Waals surface area contributed by atoms with Crippen LogP contribution >= 0.6 is 11.9 Å². The minimum atomic E-state index is -0.746. The lowest BCUT2D eigenvalue weighted by Crippen LogP contribution is -2.19. The van der Waals surface area contributed by atoms with Crippen LogP contribution in [0.3, 0.4) is 0 Å². The molecule has 0 aliphatic carbocycles. The van der Waals surface area contributed by atoms with E-state index in [2.05, 4.69) is 9.95 Å². The van der Waals surface area contributed by atoms with Gasteiger partial charge in [0.15, 0.2) is 5.57 Å². The zero-order valence-corrected chi connectivity index (χ0v) is 13.1. The summed E-state index contributed by atoms with van der Waals surface area (Å²) in [6.45, 7) is 3.66. The van der Waals surface area contributed by atoms with E-state index in [-0.39, 0.29) is 23.8 Å². The molecule has 0 bridgehead atoms. The number of benzene rings is 1. The van der Waals surface area contributed by atoms with Crippen molar-refractivity contribution in [2.24, 2.45) is 5.11 Å². The average Bonchev–Trinajstić information content (AvgIpc) is 2.98. The number of rotatable bonds is 5. The van der Waals surface area contributed by atoms with Gasteiger partial charge in [0, 0.05) is 22.1 Å². The second-order valence-electron chi connectivity index (χ2n) is 4.06. The Morgan fingerprint density at radius 2 is 1.73 bits per heavy atom. The van der Waals surface area contributed by atoms with Gasteiger partial charge >= 0.3 is 11.9 Å². The summed E-state index contributed by atoms with van der Waals surface area (Å²) >= 11 is 1.05. The van der Waals surface area contributed by atoms with E-state index in [1.54, 1.807) is 13.8 Å². The molecule has 0 atom stereocenters. The van der Waals surface area contributed by atoms with E-state index in [0.717, 1.165) is 17.6 Å². The molecule has 1 heterocycles. The van der Waals surface area contributed by atoms with Gasteiger partial charge in [0.2, 0.25) is 5.03 Å². The van der Waals surface area contributed by atoms with Crippen LogP contribution in [0.1, 0.15) is 13.8 Å². The number of azo groups is 1. The summed E-state index contributed by atoms with van der Waals surface area (Å²) in [4.78, 5) is 28.4. The number of nitrogens with one attached hydrogen (secondary N) is 1. The van der Waals surface area contributed by atoms with E-state index in [1.807, 2.05) is 30.3 Å². The van der Waals surface area contributed by atoms with Crippen LogP contribution in [0, 0.1) is 0 Å². The van der Waals surface area contributed by atoms with E-state index in [0.29, 0.717) is 0 Å². The average molecular weight is 322 g/mol. The third-order valence-electron chi connectivity index (χ3n) is 2.59. The molecule has 0 amide bonds. The third kappa shape index (κ3) is 3.64. The molecule has 0 aromatic heterocycles. The van der Waals surface area contributed by atoms with Crippen LogP contribution in [-0.4, -0.2) is 30.0 Å². The van der Waals surface area contributed by atoms with Gasteiger partial charge in [0.05, 0.1) is 25.2 Å². The van der Waals surface area contributed by atoms with E-state index in [1.165, 1.54) is 4.81 Å². The fraction of sp³-hybridized carbons (Fsp3) is 0.286. The first-order valence-corrected chi connectivity index (χ1v) is 7.56. The van der Waals surface area contributed by atoms with E-state index < -0.39 is 11.9 Å². The van der Waals surface area contributed by atoms with Crippen LogP contribution in [0.2, 0.25) is 0 Å². The van der Waals surface area contributed by atoms with Crippen LogP contribution in [0.15, 0.2) is 46.0 Å². The Hall–Kier alpha value is -2.35. The molecule has 1 aliphatic rings. The van der Waals surface area contributed by atoms with Gasteiger partial charge in [0.1, 0.15) is 0 Å². The number of carbonyl (C=O) groups excluding carboxylic acids is 2. The third-order valence-corrected chi connectivity index (χ3v) is 3.34. The number of nitrogens with zero attached hydrogens (tertiary/aromatic N) is 2. The molecule has 1 aromatic carbocycles. The molecule has 7 nitrogen and oxygen atoms in total. The second kappa shape index (κ2) is 7.60. The van der Waals surface area contributed by atoms with Crippen LogP contribution in [0.5, 0.6) is 0 Å². The Kier molecular flexibility index (Phi) is 5.54. The van der Waals surface area contributed by atoms with Gasteiger partial charge in [-0.1, -0.05) is 18.2 Å². The van der Waals surface area contributed by atoms with Crippen molar-refractivity contribution < 1.29 is 23.9 Å². The zero-order valence-electron chi connectivity index (χ0n) is 12.2. The highest BCUT2D eigenvalue weighted by Gasteiger charge is 2.33. The molecule has 2 rings (SSSR count). The van der Waals surface area contributed by atoms with Crippen molar-refractivity contribution in [3.8, 4) is 0 Å². The van der Waals surface area contributed by atoms with Gasteiger partial charge in [-0.15, -0.1) is 4.83 Å². The van der Waals surface area contributed by atoms with Crippen molar-refractivity contribution >= 4 is 29.6 Å². The fourth-order valence-electron chi connectivity index (χ4n) is 1.66. The molecule has 0 unspecified atom stereocenters. The molecule has 0 radical (unpaired) electrons. The van der Waals surface area contributed by atoms with Gasteiger partial charge in [-0.05, 0) is 13.8 Å². The lowest BCUT2D eigenvalue weighted by atomic mass is 10.3. The number of carbonyl (C=O) groups is 2. The number of hydrogen-bond donors (Lipinski definition) is 1. The van der Waals surface area contributed by atoms with Gasteiger partial charge in [-0.3, -0.25) is 0 Å². The van der Waals surface area contributed by atoms with Crippen molar-refractivity contribution in [2.45, 2.75) is 13.8 Å². The minimum absolute atomic E-state index is 0.162. The van der Waals surface area contributed by atoms with Crippen molar-refractivity contribution in [1.82, 2.24) is 4.83 Å². The van der Waals surface area contributed by atoms with E-state index >= 15 is 0 Å². The van der Waals surface area contributed by atoms with Crippen molar-refractivity contribution in [3.63, 3.8) is 0 Å². The van der Waals surface area contributed by atoms with Gasteiger partial charge in [0.25, 0.3) is 5.69 Å². The molecule has 1 aliphatic heterocycles. The van der Waals surface area contributed by atoms with Gasteiger partial charge in [-0.25, -0.2) is 9.59 Å². The highest BCUT2D eigenvalue weighted by atomic mass is 32.2. The smallest absolute Gasteiger partial charge is 0.348 e. The maximum atomic E-state index is 12.0. The first kappa shape index (κ1) is 16.0. The molecular weight excluding hydrogens is 306 g/mol. The van der Waals surface area contributed by atoms with Crippen molar-refractivity contribution in [1.29, 1.82) is 0 Å². The molecule has 1 N–H and O–H groups in total. The van der Waals surface area contributed by atoms with Crippen LogP contribution in [-0.2, 0) is 19.1 Å². The molecule has 0 saturated heterocycles. The molecule has 116 valence electrons. The monoisotopic (exact) mass is 322 g/mol. The molecule has 0 fully saturated rings. The topological polar surface area (TPSA) is 80.0 Å². The summed E-state index contributed by atoms with van der Waals surface area (Å²) in [5.41, 5.74) is 0.566. The SMILES string of the molecule is CCOC(=O)C(C(=O)OCC)=C1N=[N+](c2ccccc2)NS1. The quantitative estimate of drug-likeness (QED) is 0.224. The molecular formula is C14H16N3O4S+. The van der Waals surface area contributed by atoms with E-state index in [4.69, 9.17) is 9.47 Å².